The quantitative estimate of drug-likeness (QED) is 0.501. The molecule has 16 heavy (non-hydrogen) atoms. The van der Waals surface area contributed by atoms with E-state index in [1.807, 2.05) is 48.5 Å². The Labute approximate surface area is 115 Å². The molecule has 0 spiro atoms. The minimum atomic E-state index is 0.663. The molecule has 0 aliphatic heterocycles. The summed E-state index contributed by atoms with van der Waals surface area (Å²) < 4.78 is 0. The zero-order chi connectivity index (χ0) is 13.5. The van der Waals surface area contributed by atoms with Gasteiger partial charge in [0.1, 0.15) is 0 Å². The largest absolute Gasteiger partial charge is 0.0836 e. The van der Waals surface area contributed by atoms with Gasteiger partial charge in [0.25, 0.3) is 0 Å². The lowest BCUT2D eigenvalue weighted by Gasteiger charge is -2.10. The predicted molar refractivity (Wildman–Crippen MR) is 78.4 cm³/mol. The Morgan fingerprint density at radius 3 is 0.750 bits per heavy atom. The van der Waals surface area contributed by atoms with E-state index in [0.717, 1.165) is 16.7 Å². The van der Waals surface area contributed by atoms with Crippen LogP contribution in [0.15, 0.2) is 0 Å². The van der Waals surface area contributed by atoms with Crippen molar-refractivity contribution in [3.8, 4) is 0 Å². The summed E-state index contributed by atoms with van der Waals surface area (Å²) in [6.07, 6.45) is 0. The van der Waals surface area contributed by atoms with Gasteiger partial charge in [0, 0.05) is 15.1 Å². The normalized spacial score (nSPS) is 8.62. The van der Waals surface area contributed by atoms with Crippen molar-refractivity contribution < 1.29 is 0 Å². The molecule has 0 saturated carbocycles. The molecule has 1 aromatic rings. The first-order valence-electron chi connectivity index (χ1n) is 5.57. The fourth-order valence-corrected chi connectivity index (χ4v) is 1.84. The number of hydrogen-bond acceptors (Lipinski definition) is 0. The van der Waals surface area contributed by atoms with E-state index in [1.54, 1.807) is 0 Å². The minimum Gasteiger partial charge on any atom is -0.0836 e. The molecule has 0 aliphatic carbocycles. The molecule has 1 rings (SSSR count). The van der Waals surface area contributed by atoms with Gasteiger partial charge in [-0.1, -0.05) is 62.5 Å². The van der Waals surface area contributed by atoms with Crippen LogP contribution in [0, 0.1) is 20.8 Å². The van der Waals surface area contributed by atoms with Crippen LogP contribution in [0.5, 0.6) is 0 Å². The smallest absolute Gasteiger partial charge is 0.0494 e. The fraction of sp³-hybridized carbons (Fsp3) is 0.538. The molecule has 0 atom stereocenters. The van der Waals surface area contributed by atoms with E-state index < -0.39 is 0 Å². The summed E-state index contributed by atoms with van der Waals surface area (Å²) in [6, 6.07) is 0. The maximum atomic E-state index is 5.99. The van der Waals surface area contributed by atoms with Crippen LogP contribution in [-0.2, 0) is 0 Å². The van der Waals surface area contributed by atoms with E-state index in [0.29, 0.717) is 15.1 Å². The summed E-state index contributed by atoms with van der Waals surface area (Å²) >= 11 is 18.0. The Balaban J connectivity index is 0. The monoisotopic (exact) mass is 282 g/mol. The predicted octanol–water partition coefficient (Wildman–Crippen LogP) is 6.62. The summed E-state index contributed by atoms with van der Waals surface area (Å²) in [7, 11) is 0. The summed E-state index contributed by atoms with van der Waals surface area (Å²) in [4.78, 5) is 0. The SMILES string of the molecule is CC.CC.Cc1c(Cl)c(C)c(Cl)c(C)c1Cl. The highest BCUT2D eigenvalue weighted by Gasteiger charge is 2.12. The fourth-order valence-electron chi connectivity index (χ4n) is 1.13. The second kappa shape index (κ2) is 9.15. The third-order valence-electron chi connectivity index (χ3n) is 1.98. The molecular weight excluding hydrogens is 263 g/mol. The van der Waals surface area contributed by atoms with Crippen LogP contribution >= 0.6 is 34.8 Å². The van der Waals surface area contributed by atoms with Crippen molar-refractivity contribution in [2.45, 2.75) is 48.5 Å². The molecule has 0 nitrogen and oxygen atoms in total. The van der Waals surface area contributed by atoms with Crippen LogP contribution in [0.25, 0.3) is 0 Å². The highest BCUT2D eigenvalue weighted by atomic mass is 35.5. The summed E-state index contributed by atoms with van der Waals surface area (Å²) in [6.45, 7) is 13.7. The van der Waals surface area contributed by atoms with Gasteiger partial charge in [-0.05, 0) is 37.5 Å². The maximum absolute atomic E-state index is 5.99. The van der Waals surface area contributed by atoms with Crippen LogP contribution in [-0.4, -0.2) is 0 Å². The van der Waals surface area contributed by atoms with Crippen molar-refractivity contribution in [2.75, 3.05) is 0 Å². The third-order valence-corrected chi connectivity index (χ3v) is 3.68. The molecular formula is C13H21Cl3. The van der Waals surface area contributed by atoms with Crippen LogP contribution in [0.1, 0.15) is 44.4 Å². The molecule has 1 aromatic carbocycles. The van der Waals surface area contributed by atoms with E-state index >= 15 is 0 Å². The van der Waals surface area contributed by atoms with E-state index in [2.05, 4.69) is 0 Å². The molecule has 0 saturated heterocycles. The molecule has 0 N–H and O–H groups in total. The van der Waals surface area contributed by atoms with Crippen molar-refractivity contribution >= 4 is 34.8 Å². The zero-order valence-electron chi connectivity index (χ0n) is 11.1. The number of hydrogen-bond donors (Lipinski definition) is 0. The second-order valence-corrected chi connectivity index (χ2v) is 3.95. The van der Waals surface area contributed by atoms with Crippen LogP contribution < -0.4 is 0 Å². The van der Waals surface area contributed by atoms with E-state index in [9.17, 15) is 0 Å². The van der Waals surface area contributed by atoms with Crippen molar-refractivity contribution in [2.24, 2.45) is 0 Å². The average molecular weight is 284 g/mol. The summed E-state index contributed by atoms with van der Waals surface area (Å²) in [5.74, 6) is 0. The van der Waals surface area contributed by atoms with Crippen LogP contribution in [0.4, 0.5) is 0 Å². The first-order valence-corrected chi connectivity index (χ1v) is 6.70. The molecule has 0 unspecified atom stereocenters. The summed E-state index contributed by atoms with van der Waals surface area (Å²) in [5.41, 5.74) is 2.70. The van der Waals surface area contributed by atoms with Gasteiger partial charge in [-0.3, -0.25) is 0 Å². The van der Waals surface area contributed by atoms with Gasteiger partial charge in [-0.15, -0.1) is 0 Å². The average Bonchev–Trinajstić information content (AvgIpc) is 2.36. The third kappa shape index (κ3) is 4.16. The van der Waals surface area contributed by atoms with Gasteiger partial charge < -0.3 is 0 Å². The molecule has 0 bridgehead atoms. The van der Waals surface area contributed by atoms with Crippen molar-refractivity contribution in [3.05, 3.63) is 31.8 Å². The highest BCUT2D eigenvalue weighted by molar-refractivity contribution is 6.41. The molecule has 0 aliphatic rings. The van der Waals surface area contributed by atoms with Crippen LogP contribution in [0.3, 0.4) is 0 Å². The maximum Gasteiger partial charge on any atom is 0.0494 e. The van der Waals surface area contributed by atoms with Gasteiger partial charge in [0.15, 0.2) is 0 Å². The van der Waals surface area contributed by atoms with E-state index in [1.165, 1.54) is 0 Å². The van der Waals surface area contributed by atoms with E-state index in [4.69, 9.17) is 34.8 Å². The van der Waals surface area contributed by atoms with Crippen LogP contribution in [0.2, 0.25) is 15.1 Å². The Morgan fingerprint density at radius 1 is 0.500 bits per heavy atom. The summed E-state index contributed by atoms with van der Waals surface area (Å²) in [5, 5.41) is 1.99. The Bertz CT molecular complexity index is 225. The number of rotatable bonds is 0. The molecule has 0 radical (unpaired) electrons. The lowest BCUT2D eigenvalue weighted by atomic mass is 10.1. The van der Waals surface area contributed by atoms with Gasteiger partial charge in [-0.2, -0.15) is 0 Å². The first-order chi connectivity index (χ1) is 7.46. The second-order valence-electron chi connectivity index (χ2n) is 2.82. The lowest BCUT2D eigenvalue weighted by molar-refractivity contribution is 1.32. The molecule has 3 heteroatoms. The molecule has 0 aromatic heterocycles. The molecule has 94 valence electrons. The standard InChI is InChI=1S/C9H9Cl3.2C2H6/c1-4-7(10)5(2)9(12)6(3)8(4)11;2*1-2/h1-3H3;2*1-2H3. The Hall–Kier alpha value is 0.0900. The Morgan fingerprint density at radius 2 is 0.625 bits per heavy atom. The first kappa shape index (κ1) is 18.5. The van der Waals surface area contributed by atoms with Gasteiger partial charge in [0.05, 0.1) is 0 Å². The van der Waals surface area contributed by atoms with Gasteiger partial charge >= 0.3 is 0 Å². The molecule has 0 amide bonds. The van der Waals surface area contributed by atoms with Gasteiger partial charge in [0.2, 0.25) is 0 Å². The number of halogens is 3. The molecule has 0 fully saturated rings. The minimum absolute atomic E-state index is 0.663. The molecule has 0 heterocycles. The van der Waals surface area contributed by atoms with E-state index in [-0.39, 0.29) is 0 Å². The van der Waals surface area contributed by atoms with Crippen molar-refractivity contribution in [1.29, 1.82) is 0 Å². The number of benzene rings is 1. The van der Waals surface area contributed by atoms with Crippen molar-refractivity contribution in [1.82, 2.24) is 0 Å². The lowest BCUT2D eigenvalue weighted by Crippen LogP contribution is -1.89. The highest BCUT2D eigenvalue weighted by Crippen LogP contribution is 2.36. The topological polar surface area (TPSA) is 0 Å². The van der Waals surface area contributed by atoms with Gasteiger partial charge in [-0.25, -0.2) is 0 Å². The Kier molecular flexibility index (Phi) is 10.6. The zero-order valence-corrected chi connectivity index (χ0v) is 13.4. The van der Waals surface area contributed by atoms with Crippen molar-refractivity contribution in [3.63, 3.8) is 0 Å².